The number of amides is 1. The Morgan fingerprint density at radius 1 is 1.08 bits per heavy atom. The summed E-state index contributed by atoms with van der Waals surface area (Å²) in [7, 11) is 0. The highest BCUT2D eigenvalue weighted by Crippen LogP contribution is 2.42. The summed E-state index contributed by atoms with van der Waals surface area (Å²) in [4.78, 5) is 17.5. The largest absolute Gasteiger partial charge is 0.296 e. The number of pyridine rings is 1. The zero-order chi connectivity index (χ0) is 16.1. The van der Waals surface area contributed by atoms with E-state index in [9.17, 15) is 4.79 Å². The molecular weight excluding hydrogens is 320 g/mol. The zero-order valence-corrected chi connectivity index (χ0v) is 13.8. The van der Waals surface area contributed by atoms with Crippen molar-refractivity contribution in [2.24, 2.45) is 0 Å². The minimum absolute atomic E-state index is 0.131. The first-order valence-electron chi connectivity index (χ1n) is 8.32. The van der Waals surface area contributed by atoms with Crippen LogP contribution in [-0.2, 0) is 0 Å². The standard InChI is InChI=1S/C18H16N4OS/c23-16(20-18-22-21-17(24-18)11-7-8-11)13-9-15(10-5-6-10)19-14-4-2-1-3-12(13)14/h1-4,9-11H,5-8H2,(H,20,22,23). The Morgan fingerprint density at radius 3 is 2.67 bits per heavy atom. The lowest BCUT2D eigenvalue weighted by atomic mass is 10.1. The average Bonchev–Trinajstić information content (AvgIpc) is 3.52. The van der Waals surface area contributed by atoms with Crippen molar-refractivity contribution in [3.8, 4) is 0 Å². The summed E-state index contributed by atoms with van der Waals surface area (Å²) in [5, 5.41) is 13.7. The molecule has 2 aliphatic carbocycles. The second-order valence-electron chi connectivity index (χ2n) is 6.56. The smallest absolute Gasteiger partial charge is 0.258 e. The zero-order valence-electron chi connectivity index (χ0n) is 13.0. The van der Waals surface area contributed by atoms with Crippen molar-refractivity contribution in [1.29, 1.82) is 0 Å². The number of nitrogens with one attached hydrogen (secondary N) is 1. The Bertz CT molecular complexity index is 943. The summed E-state index contributed by atoms with van der Waals surface area (Å²) >= 11 is 1.48. The molecule has 3 aromatic rings. The predicted octanol–water partition coefficient (Wildman–Crippen LogP) is 4.09. The fraction of sp³-hybridized carbons (Fsp3) is 0.333. The van der Waals surface area contributed by atoms with Gasteiger partial charge in [-0.05, 0) is 37.8 Å². The summed E-state index contributed by atoms with van der Waals surface area (Å²) in [6.45, 7) is 0. The van der Waals surface area contributed by atoms with Gasteiger partial charge in [0.15, 0.2) is 0 Å². The number of rotatable bonds is 4. The third-order valence-electron chi connectivity index (χ3n) is 4.56. The Morgan fingerprint density at radius 2 is 1.88 bits per heavy atom. The molecule has 2 saturated carbocycles. The maximum Gasteiger partial charge on any atom is 0.258 e. The van der Waals surface area contributed by atoms with Crippen molar-refractivity contribution in [3.05, 3.63) is 46.6 Å². The number of nitrogens with zero attached hydrogens (tertiary/aromatic N) is 3. The molecule has 5 rings (SSSR count). The van der Waals surface area contributed by atoms with Gasteiger partial charge in [-0.15, -0.1) is 10.2 Å². The molecule has 0 radical (unpaired) electrons. The molecule has 6 heteroatoms. The Kier molecular flexibility index (Phi) is 3.13. The molecule has 1 aromatic carbocycles. The van der Waals surface area contributed by atoms with Gasteiger partial charge >= 0.3 is 0 Å². The van der Waals surface area contributed by atoms with Gasteiger partial charge in [0.1, 0.15) is 5.01 Å². The summed E-state index contributed by atoms with van der Waals surface area (Å²) in [5.74, 6) is 0.925. The number of carbonyl (C=O) groups is 1. The lowest BCUT2D eigenvalue weighted by Crippen LogP contribution is -2.13. The lowest BCUT2D eigenvalue weighted by molar-refractivity contribution is 0.102. The van der Waals surface area contributed by atoms with Crippen LogP contribution in [0.25, 0.3) is 10.9 Å². The van der Waals surface area contributed by atoms with E-state index in [0.29, 0.717) is 22.5 Å². The Balaban J connectivity index is 1.50. The highest BCUT2D eigenvalue weighted by atomic mass is 32.1. The Labute approximate surface area is 143 Å². The fourth-order valence-corrected chi connectivity index (χ4v) is 3.82. The second-order valence-corrected chi connectivity index (χ2v) is 7.57. The molecule has 2 aromatic heterocycles. The highest BCUT2D eigenvalue weighted by Gasteiger charge is 2.29. The monoisotopic (exact) mass is 336 g/mol. The number of hydrogen-bond donors (Lipinski definition) is 1. The van der Waals surface area contributed by atoms with E-state index in [2.05, 4.69) is 15.5 Å². The molecule has 5 nitrogen and oxygen atoms in total. The van der Waals surface area contributed by atoms with E-state index in [1.54, 1.807) is 0 Å². The number of hydrogen-bond acceptors (Lipinski definition) is 5. The number of carbonyl (C=O) groups excluding carboxylic acids is 1. The van der Waals surface area contributed by atoms with E-state index in [1.807, 2.05) is 30.3 Å². The van der Waals surface area contributed by atoms with Gasteiger partial charge in [-0.1, -0.05) is 29.5 Å². The molecule has 1 N–H and O–H groups in total. The van der Waals surface area contributed by atoms with Crippen LogP contribution in [0, 0.1) is 0 Å². The highest BCUT2D eigenvalue weighted by molar-refractivity contribution is 7.15. The van der Waals surface area contributed by atoms with Gasteiger partial charge in [-0.2, -0.15) is 0 Å². The summed E-state index contributed by atoms with van der Waals surface area (Å²) < 4.78 is 0. The van der Waals surface area contributed by atoms with Crippen LogP contribution < -0.4 is 5.32 Å². The molecule has 2 heterocycles. The van der Waals surface area contributed by atoms with Crippen LogP contribution in [0.3, 0.4) is 0 Å². The molecule has 120 valence electrons. The SMILES string of the molecule is O=C(Nc1nnc(C2CC2)s1)c1cc(C2CC2)nc2ccccc12. The van der Waals surface area contributed by atoms with Crippen molar-refractivity contribution in [3.63, 3.8) is 0 Å². The van der Waals surface area contributed by atoms with Crippen LogP contribution in [0.4, 0.5) is 5.13 Å². The molecule has 0 atom stereocenters. The van der Waals surface area contributed by atoms with Gasteiger partial charge in [-0.3, -0.25) is 15.1 Å². The van der Waals surface area contributed by atoms with E-state index in [0.717, 1.165) is 34.4 Å². The molecule has 0 bridgehead atoms. The van der Waals surface area contributed by atoms with Gasteiger partial charge in [-0.25, -0.2) is 0 Å². The van der Waals surface area contributed by atoms with Crippen LogP contribution in [-0.4, -0.2) is 21.1 Å². The van der Waals surface area contributed by atoms with Crippen LogP contribution >= 0.6 is 11.3 Å². The first-order valence-corrected chi connectivity index (χ1v) is 9.14. The minimum atomic E-state index is -0.131. The second kappa shape index (κ2) is 5.34. The van der Waals surface area contributed by atoms with Crippen LogP contribution in [0.2, 0.25) is 0 Å². The first-order chi connectivity index (χ1) is 11.8. The summed E-state index contributed by atoms with van der Waals surface area (Å²) in [6.07, 6.45) is 4.69. The van der Waals surface area contributed by atoms with Gasteiger partial charge in [0.25, 0.3) is 5.91 Å². The topological polar surface area (TPSA) is 67.8 Å². The quantitative estimate of drug-likeness (QED) is 0.779. The van der Waals surface area contributed by atoms with Gasteiger partial charge in [0, 0.05) is 22.9 Å². The molecule has 1 amide bonds. The number of para-hydroxylation sites is 1. The van der Waals surface area contributed by atoms with E-state index < -0.39 is 0 Å². The van der Waals surface area contributed by atoms with E-state index >= 15 is 0 Å². The summed E-state index contributed by atoms with van der Waals surface area (Å²) in [5.41, 5.74) is 2.57. The summed E-state index contributed by atoms with van der Waals surface area (Å²) in [6, 6.07) is 9.75. The van der Waals surface area contributed by atoms with Crippen LogP contribution in [0.1, 0.15) is 58.6 Å². The third kappa shape index (κ3) is 2.57. The fourth-order valence-electron chi connectivity index (χ4n) is 2.92. The van der Waals surface area contributed by atoms with Gasteiger partial charge in [0.2, 0.25) is 5.13 Å². The van der Waals surface area contributed by atoms with E-state index in [-0.39, 0.29) is 5.91 Å². The lowest BCUT2D eigenvalue weighted by Gasteiger charge is -2.08. The van der Waals surface area contributed by atoms with Gasteiger partial charge < -0.3 is 0 Å². The molecule has 2 aliphatic rings. The van der Waals surface area contributed by atoms with E-state index in [4.69, 9.17) is 4.98 Å². The number of anilines is 1. The van der Waals surface area contributed by atoms with Crippen LogP contribution in [0.15, 0.2) is 30.3 Å². The van der Waals surface area contributed by atoms with Crippen molar-refractivity contribution in [2.75, 3.05) is 5.32 Å². The van der Waals surface area contributed by atoms with E-state index in [1.165, 1.54) is 24.2 Å². The predicted molar refractivity (Wildman–Crippen MR) is 93.6 cm³/mol. The molecule has 2 fully saturated rings. The number of benzene rings is 1. The normalized spacial score (nSPS) is 17.2. The molecular formula is C18H16N4OS. The Hall–Kier alpha value is -2.34. The first kappa shape index (κ1) is 14.0. The van der Waals surface area contributed by atoms with Crippen molar-refractivity contribution in [2.45, 2.75) is 37.5 Å². The average molecular weight is 336 g/mol. The third-order valence-corrected chi connectivity index (χ3v) is 5.57. The van der Waals surface area contributed by atoms with Crippen molar-refractivity contribution >= 4 is 33.3 Å². The maximum atomic E-state index is 12.8. The molecule has 24 heavy (non-hydrogen) atoms. The minimum Gasteiger partial charge on any atom is -0.296 e. The maximum absolute atomic E-state index is 12.8. The number of aromatic nitrogens is 3. The van der Waals surface area contributed by atoms with Gasteiger partial charge in [0.05, 0.1) is 11.1 Å². The molecule has 0 saturated heterocycles. The number of fused-ring (bicyclic) bond motifs is 1. The van der Waals surface area contributed by atoms with Crippen molar-refractivity contribution < 1.29 is 4.79 Å². The molecule has 0 aliphatic heterocycles. The molecule has 0 spiro atoms. The van der Waals surface area contributed by atoms with Crippen LogP contribution in [0.5, 0.6) is 0 Å². The van der Waals surface area contributed by atoms with Crippen molar-refractivity contribution in [1.82, 2.24) is 15.2 Å². The molecule has 0 unspecified atom stereocenters.